The molecule has 1 unspecified atom stereocenters. The van der Waals surface area contributed by atoms with Gasteiger partial charge < -0.3 is 14.2 Å². The molecular formula is C26H50O4. The Morgan fingerprint density at radius 2 is 1.23 bits per heavy atom. The standard InChI is InChI=1S/C26H50O4/c1-9-15-16-17-18-19-23(24(27)22(7)8)25(20-10-2,21-11-3)26(28-12-4,29-13-5)30-14-6/h23H,7,9-21H2,1-6,8H3. The number of carbonyl (C=O) groups is 1. The zero-order chi connectivity index (χ0) is 23.0. The fourth-order valence-electron chi connectivity index (χ4n) is 4.92. The molecule has 0 amide bonds. The van der Waals surface area contributed by atoms with Gasteiger partial charge in [-0.2, -0.15) is 0 Å². The molecule has 0 saturated heterocycles. The predicted octanol–water partition coefficient (Wildman–Crippen LogP) is 7.46. The van der Waals surface area contributed by atoms with Crippen LogP contribution in [0.1, 0.15) is 113 Å². The minimum Gasteiger partial charge on any atom is -0.327 e. The SMILES string of the molecule is C=C(C)C(=O)C(CCCCCCC)C(CCC)(CCC)C(OCC)(OCC)OCC. The van der Waals surface area contributed by atoms with E-state index in [1.54, 1.807) is 0 Å². The zero-order valence-electron chi connectivity index (χ0n) is 21.1. The van der Waals surface area contributed by atoms with Gasteiger partial charge in [0.15, 0.2) is 5.78 Å². The van der Waals surface area contributed by atoms with Crippen molar-refractivity contribution in [1.82, 2.24) is 0 Å². The van der Waals surface area contributed by atoms with Gasteiger partial charge in [0.25, 0.3) is 5.97 Å². The lowest BCUT2D eigenvalue weighted by Gasteiger charge is -2.52. The van der Waals surface area contributed by atoms with Crippen molar-refractivity contribution in [2.75, 3.05) is 19.8 Å². The Balaban J connectivity index is 6.42. The minimum atomic E-state index is -1.21. The Morgan fingerprint density at radius 3 is 1.60 bits per heavy atom. The number of ether oxygens (including phenoxy) is 3. The molecule has 0 N–H and O–H groups in total. The molecule has 0 aliphatic heterocycles. The summed E-state index contributed by atoms with van der Waals surface area (Å²) in [4.78, 5) is 13.6. The summed E-state index contributed by atoms with van der Waals surface area (Å²) in [6.07, 6.45) is 10.2. The molecule has 0 aromatic heterocycles. The largest absolute Gasteiger partial charge is 0.327 e. The summed E-state index contributed by atoms with van der Waals surface area (Å²) >= 11 is 0. The monoisotopic (exact) mass is 426 g/mol. The van der Waals surface area contributed by atoms with Crippen LogP contribution in [0.15, 0.2) is 12.2 Å². The van der Waals surface area contributed by atoms with Crippen LogP contribution in [0.5, 0.6) is 0 Å². The first-order valence-electron chi connectivity index (χ1n) is 12.5. The van der Waals surface area contributed by atoms with Crippen LogP contribution >= 0.6 is 0 Å². The fraction of sp³-hybridized carbons (Fsp3) is 0.885. The molecule has 0 rings (SSSR count). The van der Waals surface area contributed by atoms with Crippen LogP contribution in [0.25, 0.3) is 0 Å². The normalized spacial score (nSPS) is 13.4. The summed E-state index contributed by atoms with van der Waals surface area (Å²) in [6.45, 7) is 19.7. The summed E-state index contributed by atoms with van der Waals surface area (Å²) in [5, 5.41) is 0. The quantitative estimate of drug-likeness (QED) is 0.115. The van der Waals surface area contributed by atoms with Crippen molar-refractivity contribution < 1.29 is 19.0 Å². The smallest absolute Gasteiger partial charge is 0.289 e. The van der Waals surface area contributed by atoms with Gasteiger partial charge in [-0.1, -0.05) is 72.3 Å². The van der Waals surface area contributed by atoms with Gasteiger partial charge in [-0.25, -0.2) is 0 Å². The summed E-state index contributed by atoms with van der Waals surface area (Å²) in [5.41, 5.74) is 0.0720. The highest BCUT2D eigenvalue weighted by Gasteiger charge is 2.59. The molecule has 0 heterocycles. The molecule has 0 aliphatic carbocycles. The number of carbonyl (C=O) groups excluding carboxylic acids is 1. The second-order valence-electron chi connectivity index (χ2n) is 8.41. The van der Waals surface area contributed by atoms with E-state index in [0.717, 1.165) is 44.9 Å². The maximum absolute atomic E-state index is 13.6. The van der Waals surface area contributed by atoms with Crippen molar-refractivity contribution in [2.45, 2.75) is 119 Å². The van der Waals surface area contributed by atoms with Gasteiger partial charge in [0.2, 0.25) is 0 Å². The molecule has 178 valence electrons. The molecule has 4 heteroatoms. The number of rotatable bonds is 20. The highest BCUT2D eigenvalue weighted by Crippen LogP contribution is 2.53. The van der Waals surface area contributed by atoms with E-state index in [0.29, 0.717) is 25.4 Å². The molecule has 0 spiro atoms. The third kappa shape index (κ3) is 7.76. The van der Waals surface area contributed by atoms with Crippen LogP contribution in [0.3, 0.4) is 0 Å². The minimum absolute atomic E-state index is 0.135. The van der Waals surface area contributed by atoms with Gasteiger partial charge in [-0.3, -0.25) is 4.79 Å². The van der Waals surface area contributed by atoms with E-state index >= 15 is 0 Å². The lowest BCUT2D eigenvalue weighted by molar-refractivity contribution is -0.436. The first-order chi connectivity index (χ1) is 14.4. The third-order valence-corrected chi connectivity index (χ3v) is 6.01. The molecule has 0 aromatic carbocycles. The van der Waals surface area contributed by atoms with Gasteiger partial charge in [0.05, 0.1) is 5.41 Å². The van der Waals surface area contributed by atoms with Gasteiger partial charge in [-0.15, -0.1) is 0 Å². The highest BCUT2D eigenvalue weighted by atomic mass is 16.9. The van der Waals surface area contributed by atoms with Crippen LogP contribution in [-0.2, 0) is 19.0 Å². The Morgan fingerprint density at radius 1 is 0.767 bits per heavy atom. The topological polar surface area (TPSA) is 44.8 Å². The van der Waals surface area contributed by atoms with Crippen LogP contribution in [0, 0.1) is 11.3 Å². The predicted molar refractivity (Wildman–Crippen MR) is 127 cm³/mol. The summed E-state index contributed by atoms with van der Waals surface area (Å²) in [5.74, 6) is -1.30. The van der Waals surface area contributed by atoms with Crippen molar-refractivity contribution in [1.29, 1.82) is 0 Å². The van der Waals surface area contributed by atoms with Crippen LogP contribution in [0.4, 0.5) is 0 Å². The first-order valence-corrected chi connectivity index (χ1v) is 12.5. The molecule has 0 aliphatic rings. The second-order valence-corrected chi connectivity index (χ2v) is 8.41. The maximum Gasteiger partial charge on any atom is 0.289 e. The molecule has 1 atom stereocenters. The molecule has 0 fully saturated rings. The zero-order valence-corrected chi connectivity index (χ0v) is 21.1. The van der Waals surface area contributed by atoms with E-state index in [9.17, 15) is 4.79 Å². The molecule has 0 aromatic rings. The average Bonchev–Trinajstić information content (AvgIpc) is 2.70. The molecule has 0 bridgehead atoms. The van der Waals surface area contributed by atoms with E-state index < -0.39 is 11.4 Å². The highest BCUT2D eigenvalue weighted by molar-refractivity contribution is 5.96. The van der Waals surface area contributed by atoms with Crippen LogP contribution < -0.4 is 0 Å². The molecule has 0 radical (unpaired) electrons. The van der Waals surface area contributed by atoms with E-state index in [1.807, 2.05) is 27.7 Å². The first kappa shape index (κ1) is 29.3. The lowest BCUT2D eigenvalue weighted by Crippen LogP contribution is -2.59. The summed E-state index contributed by atoms with van der Waals surface area (Å²) in [7, 11) is 0. The maximum atomic E-state index is 13.6. The van der Waals surface area contributed by atoms with Crippen molar-refractivity contribution in [3.05, 3.63) is 12.2 Å². The Labute approximate surface area is 187 Å². The van der Waals surface area contributed by atoms with E-state index in [-0.39, 0.29) is 11.7 Å². The number of allylic oxidation sites excluding steroid dienone is 1. The molecular weight excluding hydrogens is 376 g/mol. The van der Waals surface area contributed by atoms with Gasteiger partial charge in [0.1, 0.15) is 0 Å². The Bertz CT molecular complexity index is 449. The number of unbranched alkanes of at least 4 members (excludes halogenated alkanes) is 4. The molecule has 30 heavy (non-hydrogen) atoms. The Kier molecular flexibility index (Phi) is 15.6. The van der Waals surface area contributed by atoms with Gasteiger partial charge in [-0.05, 0) is 52.5 Å². The van der Waals surface area contributed by atoms with E-state index in [2.05, 4.69) is 27.4 Å². The van der Waals surface area contributed by atoms with Crippen LogP contribution in [0.2, 0.25) is 0 Å². The van der Waals surface area contributed by atoms with Gasteiger partial charge >= 0.3 is 0 Å². The molecule has 4 nitrogen and oxygen atoms in total. The number of Topliss-reactive ketones (excluding diaryl/α,β-unsaturated/α-hetero) is 1. The average molecular weight is 427 g/mol. The summed E-state index contributed by atoms with van der Waals surface area (Å²) in [6, 6.07) is 0. The summed E-state index contributed by atoms with van der Waals surface area (Å²) < 4.78 is 18.9. The van der Waals surface area contributed by atoms with Crippen molar-refractivity contribution >= 4 is 5.78 Å². The van der Waals surface area contributed by atoms with Crippen LogP contribution in [-0.4, -0.2) is 31.6 Å². The number of hydrogen-bond acceptors (Lipinski definition) is 4. The van der Waals surface area contributed by atoms with Crippen molar-refractivity contribution in [3.8, 4) is 0 Å². The fourth-order valence-corrected chi connectivity index (χ4v) is 4.92. The third-order valence-electron chi connectivity index (χ3n) is 6.01. The molecule has 0 saturated carbocycles. The van der Waals surface area contributed by atoms with E-state index in [4.69, 9.17) is 14.2 Å². The lowest BCUT2D eigenvalue weighted by atomic mass is 9.63. The second kappa shape index (κ2) is 16.0. The Hall–Kier alpha value is -0.710. The van der Waals surface area contributed by atoms with Crippen molar-refractivity contribution in [2.24, 2.45) is 11.3 Å². The van der Waals surface area contributed by atoms with Crippen molar-refractivity contribution in [3.63, 3.8) is 0 Å². The number of ketones is 1. The number of hydrogen-bond donors (Lipinski definition) is 0. The van der Waals surface area contributed by atoms with E-state index in [1.165, 1.54) is 19.3 Å². The van der Waals surface area contributed by atoms with Gasteiger partial charge in [0, 0.05) is 25.7 Å².